The van der Waals surface area contributed by atoms with E-state index >= 15 is 0 Å². The summed E-state index contributed by atoms with van der Waals surface area (Å²) in [6.07, 6.45) is 1.06. The number of aliphatic hydroxyl groups excluding tert-OH is 1. The molecule has 0 aliphatic heterocycles. The Hall–Kier alpha value is -0.450. The molecule has 53 valence electrons. The molecular formula is C5H11N2O2. The highest BCUT2D eigenvalue weighted by molar-refractivity contribution is 5.57. The predicted molar refractivity (Wildman–Crippen MR) is 33.3 cm³/mol. The van der Waals surface area contributed by atoms with Crippen molar-refractivity contribution in [1.29, 1.82) is 0 Å². The molecule has 0 rings (SSSR count). The van der Waals surface area contributed by atoms with E-state index in [1.165, 1.54) is 0 Å². The van der Waals surface area contributed by atoms with Gasteiger partial charge >= 0.3 is 0 Å². The molecule has 0 fully saturated rings. The Morgan fingerprint density at radius 3 is 2.56 bits per heavy atom. The molecule has 9 heavy (non-hydrogen) atoms. The van der Waals surface area contributed by atoms with Crippen LogP contribution in [-0.2, 0) is 4.79 Å². The van der Waals surface area contributed by atoms with E-state index in [1.54, 1.807) is 6.29 Å². The van der Waals surface area contributed by atoms with E-state index in [-0.39, 0.29) is 13.0 Å². The maximum Gasteiger partial charge on any atom is 0.216 e. The van der Waals surface area contributed by atoms with E-state index < -0.39 is 12.1 Å². The molecule has 0 saturated heterocycles. The molecule has 0 aliphatic rings. The molecular weight excluding hydrogens is 120 g/mol. The smallest absolute Gasteiger partial charge is 0.216 e. The Kier molecular flexibility index (Phi) is 4.21. The monoisotopic (exact) mass is 131 g/mol. The Morgan fingerprint density at radius 2 is 2.22 bits per heavy atom. The number of aliphatic hydroxyl groups is 1. The zero-order valence-corrected chi connectivity index (χ0v) is 5.08. The molecule has 0 saturated carbocycles. The third-order valence-corrected chi connectivity index (χ3v) is 0.949. The molecule has 0 aromatic carbocycles. The molecule has 4 heteroatoms. The first kappa shape index (κ1) is 8.55. The van der Waals surface area contributed by atoms with Gasteiger partial charge in [-0.3, -0.25) is 4.79 Å². The minimum atomic E-state index is -0.705. The Balaban J connectivity index is 3.33. The first-order valence-corrected chi connectivity index (χ1v) is 2.72. The van der Waals surface area contributed by atoms with Gasteiger partial charge in [0.15, 0.2) is 0 Å². The van der Waals surface area contributed by atoms with Crippen LogP contribution in [0.25, 0.3) is 0 Å². The van der Waals surface area contributed by atoms with Crippen LogP contribution in [0.2, 0.25) is 0 Å². The number of hydrogen-bond acceptors (Lipinski definition) is 4. The van der Waals surface area contributed by atoms with Crippen molar-refractivity contribution in [3.05, 3.63) is 0 Å². The average Bonchev–Trinajstić information content (AvgIpc) is 1.87. The van der Waals surface area contributed by atoms with Gasteiger partial charge in [-0.15, -0.1) is 0 Å². The van der Waals surface area contributed by atoms with Crippen LogP contribution < -0.4 is 11.5 Å². The molecule has 0 aromatic heterocycles. The van der Waals surface area contributed by atoms with Gasteiger partial charge in [0.2, 0.25) is 6.29 Å². The van der Waals surface area contributed by atoms with E-state index in [9.17, 15) is 4.79 Å². The van der Waals surface area contributed by atoms with Crippen molar-refractivity contribution in [2.45, 2.75) is 18.6 Å². The fourth-order valence-corrected chi connectivity index (χ4v) is 0.437. The van der Waals surface area contributed by atoms with Crippen molar-refractivity contribution in [1.82, 2.24) is 0 Å². The summed E-state index contributed by atoms with van der Waals surface area (Å²) >= 11 is 0. The van der Waals surface area contributed by atoms with Crippen molar-refractivity contribution in [3.8, 4) is 0 Å². The maximum absolute atomic E-state index is 9.75. The van der Waals surface area contributed by atoms with Crippen LogP contribution in [-0.4, -0.2) is 30.1 Å². The standard InChI is InChI=1S/C5H11N2O2/c6-2-5(9)1-4(7)3-8/h4-5,9H,1-2,6-7H2/t4-,5?/m0/s1. The Bertz CT molecular complexity index is 87.0. The lowest BCUT2D eigenvalue weighted by atomic mass is 10.1. The summed E-state index contributed by atoms with van der Waals surface area (Å²) in [5.74, 6) is 0. The molecule has 0 spiro atoms. The van der Waals surface area contributed by atoms with Crippen molar-refractivity contribution in [3.63, 3.8) is 0 Å². The highest BCUT2D eigenvalue weighted by Gasteiger charge is 2.07. The van der Waals surface area contributed by atoms with Crippen molar-refractivity contribution in [2.24, 2.45) is 11.5 Å². The van der Waals surface area contributed by atoms with Gasteiger partial charge in [-0.25, -0.2) is 0 Å². The van der Waals surface area contributed by atoms with E-state index in [1.807, 2.05) is 0 Å². The topological polar surface area (TPSA) is 89.3 Å². The first-order chi connectivity index (χ1) is 4.20. The highest BCUT2D eigenvalue weighted by atomic mass is 16.3. The van der Waals surface area contributed by atoms with Crippen LogP contribution >= 0.6 is 0 Å². The van der Waals surface area contributed by atoms with Crippen LogP contribution in [0, 0.1) is 0 Å². The summed E-state index contributed by atoms with van der Waals surface area (Å²) in [5.41, 5.74) is 10.1. The van der Waals surface area contributed by atoms with Crippen LogP contribution in [0.5, 0.6) is 0 Å². The number of nitrogens with two attached hydrogens (primary N) is 2. The summed E-state index contributed by atoms with van der Waals surface area (Å²) in [6, 6.07) is -0.705. The zero-order valence-electron chi connectivity index (χ0n) is 5.08. The summed E-state index contributed by atoms with van der Waals surface area (Å²) < 4.78 is 0. The van der Waals surface area contributed by atoms with E-state index in [0.29, 0.717) is 0 Å². The lowest BCUT2D eigenvalue weighted by Crippen LogP contribution is -2.31. The largest absolute Gasteiger partial charge is 0.392 e. The van der Waals surface area contributed by atoms with Gasteiger partial charge in [0.05, 0.1) is 12.1 Å². The summed E-state index contributed by atoms with van der Waals surface area (Å²) in [6.45, 7) is 0.134. The fraction of sp³-hybridized carbons (Fsp3) is 0.800. The van der Waals surface area contributed by atoms with Crippen molar-refractivity contribution < 1.29 is 9.90 Å². The second-order valence-corrected chi connectivity index (χ2v) is 1.85. The van der Waals surface area contributed by atoms with Crippen LogP contribution in [0.1, 0.15) is 6.42 Å². The van der Waals surface area contributed by atoms with Crippen molar-refractivity contribution in [2.75, 3.05) is 6.54 Å². The maximum atomic E-state index is 9.75. The third-order valence-electron chi connectivity index (χ3n) is 0.949. The van der Waals surface area contributed by atoms with Gasteiger partial charge in [0, 0.05) is 6.54 Å². The normalized spacial score (nSPS) is 16.8. The summed E-state index contributed by atoms with van der Waals surface area (Å²) in [5, 5.41) is 8.78. The summed E-state index contributed by atoms with van der Waals surface area (Å²) in [4.78, 5) is 9.75. The van der Waals surface area contributed by atoms with Gasteiger partial charge < -0.3 is 16.6 Å². The van der Waals surface area contributed by atoms with Gasteiger partial charge in [0.1, 0.15) is 0 Å². The number of hydrogen-bond donors (Lipinski definition) is 3. The molecule has 0 amide bonds. The minimum Gasteiger partial charge on any atom is -0.392 e. The Labute approximate surface area is 53.8 Å². The quantitative estimate of drug-likeness (QED) is 0.417. The minimum absolute atomic E-state index is 0.134. The number of carbonyl (C=O) groups excluding carboxylic acids is 1. The number of rotatable bonds is 4. The van der Waals surface area contributed by atoms with Gasteiger partial charge in [-0.1, -0.05) is 0 Å². The van der Waals surface area contributed by atoms with Gasteiger partial charge in [-0.2, -0.15) is 0 Å². The lowest BCUT2D eigenvalue weighted by molar-refractivity contribution is 0.170. The van der Waals surface area contributed by atoms with Crippen LogP contribution in [0.15, 0.2) is 0 Å². The SMILES string of the molecule is NCC(O)C[C@H](N)[C]=O. The van der Waals surface area contributed by atoms with E-state index in [4.69, 9.17) is 16.6 Å². The van der Waals surface area contributed by atoms with E-state index in [0.717, 1.165) is 0 Å². The zero-order chi connectivity index (χ0) is 7.28. The molecule has 5 N–H and O–H groups in total. The summed E-state index contributed by atoms with van der Waals surface area (Å²) in [7, 11) is 0. The van der Waals surface area contributed by atoms with Crippen molar-refractivity contribution >= 4 is 6.29 Å². The van der Waals surface area contributed by atoms with Gasteiger partial charge in [0.25, 0.3) is 0 Å². The third kappa shape index (κ3) is 4.08. The molecule has 0 aromatic rings. The van der Waals surface area contributed by atoms with Gasteiger partial charge in [-0.05, 0) is 6.42 Å². The second kappa shape index (κ2) is 4.43. The Morgan fingerprint density at radius 1 is 1.67 bits per heavy atom. The molecule has 0 bridgehead atoms. The molecule has 2 atom stereocenters. The van der Waals surface area contributed by atoms with Crippen LogP contribution in [0.4, 0.5) is 0 Å². The molecule has 1 unspecified atom stereocenters. The predicted octanol–water partition coefficient (Wildman–Crippen LogP) is -1.87. The lowest BCUT2D eigenvalue weighted by Gasteiger charge is -2.07. The van der Waals surface area contributed by atoms with Crippen LogP contribution in [0.3, 0.4) is 0 Å². The van der Waals surface area contributed by atoms with E-state index in [2.05, 4.69) is 0 Å². The first-order valence-electron chi connectivity index (χ1n) is 2.72. The molecule has 0 aliphatic carbocycles. The fourth-order valence-electron chi connectivity index (χ4n) is 0.437. The highest BCUT2D eigenvalue weighted by Crippen LogP contribution is 1.90. The average molecular weight is 131 g/mol. The molecule has 1 radical (unpaired) electrons. The second-order valence-electron chi connectivity index (χ2n) is 1.85. The molecule has 0 heterocycles. The molecule has 4 nitrogen and oxygen atoms in total.